The minimum atomic E-state index is 0.110. The van der Waals surface area contributed by atoms with Crippen LogP contribution in [0, 0.1) is 12.8 Å². The first kappa shape index (κ1) is 20.4. The summed E-state index contributed by atoms with van der Waals surface area (Å²) in [5.74, 6) is 0.300. The van der Waals surface area contributed by atoms with Gasteiger partial charge in [-0.2, -0.15) is 0 Å². The highest BCUT2D eigenvalue weighted by atomic mass is 32.1. The maximum absolute atomic E-state index is 12.7. The molecule has 0 aliphatic carbocycles. The largest absolute Gasteiger partial charge is 0.350 e. The molecular weight excluding hydrogens is 382 g/mol. The normalized spacial score (nSPS) is 21.9. The second-order valence-corrected chi connectivity index (χ2v) is 9.33. The topological polar surface area (TPSA) is 61.4 Å². The first-order valence-electron chi connectivity index (χ1n) is 10.7. The zero-order valence-corrected chi connectivity index (χ0v) is 18.0. The predicted octanol–water partition coefficient (Wildman–Crippen LogP) is 2.84. The van der Waals surface area contributed by atoms with E-state index in [0.717, 1.165) is 56.3 Å². The number of likely N-dealkylation sites (tertiary alicyclic amines) is 2. The van der Waals surface area contributed by atoms with Crippen molar-refractivity contribution < 1.29 is 4.79 Å². The summed E-state index contributed by atoms with van der Waals surface area (Å²) in [7, 11) is 0. The van der Waals surface area contributed by atoms with Crippen molar-refractivity contribution in [3.63, 3.8) is 0 Å². The number of carbonyl (C=O) groups is 1. The summed E-state index contributed by atoms with van der Waals surface area (Å²) in [5.41, 5.74) is 2.30. The van der Waals surface area contributed by atoms with Gasteiger partial charge in [0.1, 0.15) is 0 Å². The van der Waals surface area contributed by atoms with Gasteiger partial charge in [-0.05, 0) is 69.9 Å². The summed E-state index contributed by atoms with van der Waals surface area (Å²) in [6.07, 6.45) is 8.24. The van der Waals surface area contributed by atoms with E-state index in [2.05, 4.69) is 37.2 Å². The van der Waals surface area contributed by atoms with Gasteiger partial charge >= 0.3 is 0 Å². The molecular formula is C22H31N5OS. The van der Waals surface area contributed by atoms with Crippen LogP contribution in [0.5, 0.6) is 0 Å². The number of piperidine rings is 2. The number of hydrogen-bond acceptors (Lipinski definition) is 6. The number of hydrogen-bond donors (Lipinski definition) is 1. The molecule has 4 rings (SSSR count). The Morgan fingerprint density at radius 1 is 1.21 bits per heavy atom. The van der Waals surface area contributed by atoms with Crippen molar-refractivity contribution in [2.75, 3.05) is 26.2 Å². The minimum Gasteiger partial charge on any atom is -0.350 e. The fourth-order valence-electron chi connectivity index (χ4n) is 4.55. The van der Waals surface area contributed by atoms with Gasteiger partial charge in [-0.25, -0.2) is 4.98 Å². The monoisotopic (exact) mass is 413 g/mol. The fraction of sp³-hybridized carbons (Fsp3) is 0.591. The molecule has 0 aromatic carbocycles. The standard InChI is InChI=1S/C22H31N5OS/c1-17-25-20(16-29-17)13-24-22(28)19-3-2-10-27(15-19)21-6-11-26(12-7-21)14-18-4-8-23-9-5-18/h4-5,8-9,16,19,21H,2-3,6-7,10-15H2,1H3,(H,24,28)/t19-/m0/s1. The molecule has 1 atom stereocenters. The van der Waals surface area contributed by atoms with E-state index < -0.39 is 0 Å². The Morgan fingerprint density at radius 3 is 2.72 bits per heavy atom. The fourth-order valence-corrected chi connectivity index (χ4v) is 5.17. The maximum atomic E-state index is 12.7. The molecule has 2 saturated heterocycles. The van der Waals surface area contributed by atoms with Gasteiger partial charge in [-0.15, -0.1) is 11.3 Å². The van der Waals surface area contributed by atoms with Crippen molar-refractivity contribution in [3.8, 4) is 0 Å². The highest BCUT2D eigenvalue weighted by molar-refractivity contribution is 7.09. The summed E-state index contributed by atoms with van der Waals surface area (Å²) in [6.45, 7) is 7.84. The lowest BCUT2D eigenvalue weighted by Gasteiger charge is -2.42. The average molecular weight is 414 g/mol. The SMILES string of the molecule is Cc1nc(CNC(=O)[C@H]2CCCN(C3CCN(Cc4ccncc4)CC3)C2)cs1. The van der Waals surface area contributed by atoms with Crippen molar-refractivity contribution in [2.24, 2.45) is 5.92 Å². The Hall–Kier alpha value is -1.83. The lowest BCUT2D eigenvalue weighted by molar-refractivity contribution is -0.127. The smallest absolute Gasteiger partial charge is 0.224 e. The molecule has 0 bridgehead atoms. The molecule has 0 saturated carbocycles. The first-order chi connectivity index (χ1) is 14.2. The summed E-state index contributed by atoms with van der Waals surface area (Å²) in [4.78, 5) is 26.3. The van der Waals surface area contributed by atoms with Crippen LogP contribution in [0.15, 0.2) is 29.9 Å². The zero-order chi connectivity index (χ0) is 20.1. The van der Waals surface area contributed by atoms with Crippen LogP contribution < -0.4 is 5.32 Å². The van der Waals surface area contributed by atoms with Gasteiger partial charge in [0, 0.05) is 36.9 Å². The second kappa shape index (κ2) is 9.78. The minimum absolute atomic E-state index is 0.110. The third-order valence-corrected chi connectivity index (χ3v) is 6.99. The Morgan fingerprint density at radius 2 is 2.00 bits per heavy atom. The average Bonchev–Trinajstić information content (AvgIpc) is 3.18. The summed E-state index contributed by atoms with van der Waals surface area (Å²) in [6, 6.07) is 4.82. The van der Waals surface area contributed by atoms with E-state index in [1.165, 1.54) is 18.4 Å². The van der Waals surface area contributed by atoms with Gasteiger partial charge in [-0.3, -0.25) is 19.6 Å². The van der Waals surface area contributed by atoms with Crippen LogP contribution in [0.3, 0.4) is 0 Å². The highest BCUT2D eigenvalue weighted by Gasteiger charge is 2.31. The van der Waals surface area contributed by atoms with E-state index in [4.69, 9.17) is 0 Å². The molecule has 2 aromatic heterocycles. The molecule has 2 fully saturated rings. The van der Waals surface area contributed by atoms with Crippen molar-refractivity contribution in [1.29, 1.82) is 0 Å². The van der Waals surface area contributed by atoms with E-state index in [0.29, 0.717) is 12.6 Å². The van der Waals surface area contributed by atoms with Gasteiger partial charge < -0.3 is 5.32 Å². The number of aryl methyl sites for hydroxylation is 1. The van der Waals surface area contributed by atoms with Crippen LogP contribution >= 0.6 is 11.3 Å². The van der Waals surface area contributed by atoms with E-state index in [1.807, 2.05) is 24.7 Å². The van der Waals surface area contributed by atoms with Crippen molar-refractivity contribution in [1.82, 2.24) is 25.1 Å². The number of nitrogens with zero attached hydrogens (tertiary/aromatic N) is 4. The van der Waals surface area contributed by atoms with Gasteiger partial charge in [0.2, 0.25) is 5.91 Å². The van der Waals surface area contributed by atoms with E-state index in [1.54, 1.807) is 11.3 Å². The number of pyridine rings is 1. The number of thiazole rings is 1. The lowest BCUT2D eigenvalue weighted by Crippen LogP contribution is -2.50. The van der Waals surface area contributed by atoms with E-state index in [9.17, 15) is 4.79 Å². The summed E-state index contributed by atoms with van der Waals surface area (Å²) < 4.78 is 0. The number of aromatic nitrogens is 2. The van der Waals surface area contributed by atoms with Crippen LogP contribution in [-0.4, -0.2) is 57.9 Å². The maximum Gasteiger partial charge on any atom is 0.224 e. The van der Waals surface area contributed by atoms with Crippen LogP contribution in [0.4, 0.5) is 0 Å². The zero-order valence-electron chi connectivity index (χ0n) is 17.2. The Balaban J connectivity index is 1.23. The van der Waals surface area contributed by atoms with Gasteiger partial charge in [0.05, 0.1) is 23.2 Å². The Labute approximate surface area is 177 Å². The molecule has 1 N–H and O–H groups in total. The molecule has 29 heavy (non-hydrogen) atoms. The Bertz CT molecular complexity index is 788. The molecule has 156 valence electrons. The first-order valence-corrected chi connectivity index (χ1v) is 11.6. The molecule has 6 nitrogen and oxygen atoms in total. The van der Waals surface area contributed by atoms with Gasteiger partial charge in [0.15, 0.2) is 0 Å². The predicted molar refractivity (Wildman–Crippen MR) is 116 cm³/mol. The van der Waals surface area contributed by atoms with Crippen LogP contribution in [0.2, 0.25) is 0 Å². The molecule has 2 aliphatic rings. The molecule has 2 aliphatic heterocycles. The molecule has 7 heteroatoms. The van der Waals surface area contributed by atoms with E-state index >= 15 is 0 Å². The molecule has 0 spiro atoms. The molecule has 0 unspecified atom stereocenters. The molecule has 0 radical (unpaired) electrons. The quantitative estimate of drug-likeness (QED) is 0.789. The number of carbonyl (C=O) groups excluding carboxylic acids is 1. The van der Waals surface area contributed by atoms with E-state index in [-0.39, 0.29) is 11.8 Å². The van der Waals surface area contributed by atoms with Crippen LogP contribution in [0.1, 0.15) is 41.9 Å². The van der Waals surface area contributed by atoms with Crippen LogP contribution in [-0.2, 0) is 17.9 Å². The lowest BCUT2D eigenvalue weighted by atomic mass is 9.93. The summed E-state index contributed by atoms with van der Waals surface area (Å²) in [5, 5.41) is 6.18. The van der Waals surface area contributed by atoms with Crippen molar-refractivity contribution in [2.45, 2.75) is 51.7 Å². The second-order valence-electron chi connectivity index (χ2n) is 8.27. The van der Waals surface area contributed by atoms with Gasteiger partial charge in [-0.1, -0.05) is 0 Å². The number of nitrogens with one attached hydrogen (secondary N) is 1. The molecule has 1 amide bonds. The highest BCUT2D eigenvalue weighted by Crippen LogP contribution is 2.25. The third kappa shape index (κ3) is 5.62. The number of amides is 1. The summed E-state index contributed by atoms with van der Waals surface area (Å²) >= 11 is 1.63. The third-order valence-electron chi connectivity index (χ3n) is 6.16. The van der Waals surface area contributed by atoms with Crippen molar-refractivity contribution in [3.05, 3.63) is 46.2 Å². The Kier molecular flexibility index (Phi) is 6.90. The van der Waals surface area contributed by atoms with Crippen LogP contribution in [0.25, 0.3) is 0 Å². The number of rotatable bonds is 6. The molecule has 2 aromatic rings. The molecule has 4 heterocycles. The van der Waals surface area contributed by atoms with Crippen molar-refractivity contribution >= 4 is 17.2 Å². The van der Waals surface area contributed by atoms with Gasteiger partial charge in [0.25, 0.3) is 0 Å².